The van der Waals surface area contributed by atoms with Gasteiger partial charge in [0.2, 0.25) is 0 Å². The Bertz CT molecular complexity index is 582. The highest BCUT2D eigenvalue weighted by Crippen LogP contribution is 2.29. The smallest absolute Gasteiger partial charge is 0.252 e. The zero-order chi connectivity index (χ0) is 14.9. The molecule has 3 heterocycles. The lowest BCUT2D eigenvalue weighted by atomic mass is 10.2. The normalized spacial score (nSPS) is 24.9. The van der Waals surface area contributed by atoms with Crippen molar-refractivity contribution >= 4 is 33.0 Å². The molecule has 1 atom stereocenters. The molecule has 0 spiro atoms. The van der Waals surface area contributed by atoms with Crippen LogP contribution in [0, 0.1) is 0 Å². The van der Waals surface area contributed by atoms with Gasteiger partial charge in [-0.2, -0.15) is 4.31 Å². The third kappa shape index (κ3) is 3.29. The summed E-state index contributed by atoms with van der Waals surface area (Å²) in [5.74, 6) is 0.529. The van der Waals surface area contributed by atoms with E-state index in [1.165, 1.54) is 24.2 Å². The van der Waals surface area contributed by atoms with Gasteiger partial charge in [0.15, 0.2) is 0 Å². The van der Waals surface area contributed by atoms with Crippen molar-refractivity contribution in [1.82, 2.24) is 9.21 Å². The molecule has 2 aliphatic rings. The lowest BCUT2D eigenvalue weighted by molar-refractivity contribution is 0.251. The number of likely N-dealkylation sites (tertiary alicyclic amines) is 1. The minimum atomic E-state index is -3.32. The van der Waals surface area contributed by atoms with Crippen LogP contribution in [-0.4, -0.2) is 55.7 Å². The summed E-state index contributed by atoms with van der Waals surface area (Å²) in [5, 5.41) is 0. The van der Waals surface area contributed by atoms with Gasteiger partial charge in [-0.05, 0) is 50.9 Å². The maximum Gasteiger partial charge on any atom is 0.252 e. The molecule has 2 fully saturated rings. The van der Waals surface area contributed by atoms with Gasteiger partial charge in [-0.15, -0.1) is 22.9 Å². The summed E-state index contributed by atoms with van der Waals surface area (Å²) in [4.78, 5) is 3.49. The van der Waals surface area contributed by atoms with Crippen molar-refractivity contribution in [1.29, 1.82) is 0 Å². The first kappa shape index (κ1) is 15.7. The second-order valence-electron chi connectivity index (χ2n) is 5.71. The third-order valence-electron chi connectivity index (χ3n) is 4.36. The van der Waals surface area contributed by atoms with Crippen molar-refractivity contribution in [2.45, 2.75) is 35.9 Å². The molecule has 4 nitrogen and oxygen atoms in total. The summed E-state index contributed by atoms with van der Waals surface area (Å²) in [6.45, 7) is 3.53. The summed E-state index contributed by atoms with van der Waals surface area (Å²) in [6.07, 6.45) is 4.18. The van der Waals surface area contributed by atoms with Gasteiger partial charge in [0, 0.05) is 29.9 Å². The molecule has 2 aliphatic heterocycles. The van der Waals surface area contributed by atoms with Crippen LogP contribution >= 0.6 is 22.9 Å². The van der Waals surface area contributed by atoms with Crippen LogP contribution < -0.4 is 0 Å². The highest BCUT2D eigenvalue weighted by molar-refractivity contribution is 7.91. The van der Waals surface area contributed by atoms with Crippen LogP contribution in [0.2, 0.25) is 0 Å². The van der Waals surface area contributed by atoms with Gasteiger partial charge in [-0.3, -0.25) is 4.90 Å². The molecular formula is C14H21ClN2O2S2. The van der Waals surface area contributed by atoms with Gasteiger partial charge in [0.1, 0.15) is 4.21 Å². The SMILES string of the molecule is O=S(=O)(c1ccc(CCCl)s1)N1CCC(N2CCCC2)C1. The predicted molar refractivity (Wildman–Crippen MR) is 86.7 cm³/mol. The first-order chi connectivity index (χ1) is 10.1. The Hall–Kier alpha value is -0.140. The van der Waals surface area contributed by atoms with Gasteiger partial charge in [0.05, 0.1) is 0 Å². The largest absolute Gasteiger partial charge is 0.299 e. The average molecular weight is 349 g/mol. The summed E-state index contributed by atoms with van der Waals surface area (Å²) in [6, 6.07) is 4.02. The zero-order valence-electron chi connectivity index (χ0n) is 12.0. The molecule has 1 unspecified atom stereocenters. The van der Waals surface area contributed by atoms with Gasteiger partial charge in [-0.25, -0.2) is 8.42 Å². The molecular weight excluding hydrogens is 328 g/mol. The Morgan fingerprint density at radius 1 is 1.24 bits per heavy atom. The molecule has 0 N–H and O–H groups in total. The number of aryl methyl sites for hydroxylation is 1. The molecule has 0 saturated carbocycles. The second kappa shape index (κ2) is 6.54. The molecule has 1 aromatic heterocycles. The Balaban J connectivity index is 1.70. The minimum Gasteiger partial charge on any atom is -0.299 e. The molecule has 118 valence electrons. The van der Waals surface area contributed by atoms with Crippen LogP contribution in [0.3, 0.4) is 0 Å². The summed E-state index contributed by atoms with van der Waals surface area (Å²) >= 11 is 7.08. The highest BCUT2D eigenvalue weighted by Gasteiger charge is 2.36. The van der Waals surface area contributed by atoms with Crippen LogP contribution in [-0.2, 0) is 16.4 Å². The molecule has 0 amide bonds. The van der Waals surface area contributed by atoms with Crippen molar-refractivity contribution in [3.05, 3.63) is 17.0 Å². The number of hydrogen-bond acceptors (Lipinski definition) is 4. The molecule has 0 radical (unpaired) electrons. The van der Waals surface area contributed by atoms with Gasteiger partial charge < -0.3 is 0 Å². The van der Waals surface area contributed by atoms with Crippen LogP contribution in [0.5, 0.6) is 0 Å². The van der Waals surface area contributed by atoms with Gasteiger partial charge in [-0.1, -0.05) is 0 Å². The Kier molecular flexibility index (Phi) is 4.90. The highest BCUT2D eigenvalue weighted by atomic mass is 35.5. The van der Waals surface area contributed by atoms with Crippen LogP contribution in [0.15, 0.2) is 16.3 Å². The topological polar surface area (TPSA) is 40.6 Å². The molecule has 21 heavy (non-hydrogen) atoms. The number of hydrogen-bond donors (Lipinski definition) is 0. The average Bonchev–Trinajstić information content (AvgIpc) is 3.20. The van der Waals surface area contributed by atoms with E-state index in [0.717, 1.165) is 30.8 Å². The van der Waals surface area contributed by atoms with E-state index in [-0.39, 0.29) is 0 Å². The minimum absolute atomic E-state index is 0.407. The molecule has 3 rings (SSSR count). The maximum absolute atomic E-state index is 12.7. The number of rotatable bonds is 5. The number of halogens is 1. The lowest BCUT2D eigenvalue weighted by Crippen LogP contribution is -2.36. The van der Waals surface area contributed by atoms with E-state index < -0.39 is 10.0 Å². The quantitative estimate of drug-likeness (QED) is 0.767. The summed E-state index contributed by atoms with van der Waals surface area (Å²) in [7, 11) is -3.32. The molecule has 7 heteroatoms. The Morgan fingerprint density at radius 2 is 2.00 bits per heavy atom. The second-order valence-corrected chi connectivity index (χ2v) is 9.42. The fourth-order valence-corrected chi connectivity index (χ4v) is 6.50. The van der Waals surface area contributed by atoms with Crippen LogP contribution in [0.4, 0.5) is 0 Å². The monoisotopic (exact) mass is 348 g/mol. The molecule has 0 aliphatic carbocycles. The Labute approximate surface area is 135 Å². The molecule has 1 aromatic rings. The van der Waals surface area contributed by atoms with E-state index in [1.807, 2.05) is 6.07 Å². The fraction of sp³-hybridized carbons (Fsp3) is 0.714. The van der Waals surface area contributed by atoms with Crippen molar-refractivity contribution in [3.63, 3.8) is 0 Å². The van der Waals surface area contributed by atoms with E-state index >= 15 is 0 Å². The number of thiophene rings is 1. The van der Waals surface area contributed by atoms with E-state index in [9.17, 15) is 8.42 Å². The number of sulfonamides is 1. The van der Waals surface area contributed by atoms with Crippen molar-refractivity contribution in [2.75, 3.05) is 32.1 Å². The predicted octanol–water partition coefficient (Wildman–Crippen LogP) is 2.39. The van der Waals surface area contributed by atoms with Crippen molar-refractivity contribution < 1.29 is 8.42 Å². The summed E-state index contributed by atoms with van der Waals surface area (Å²) in [5.41, 5.74) is 0. The first-order valence-electron chi connectivity index (χ1n) is 7.50. The van der Waals surface area contributed by atoms with Gasteiger partial charge >= 0.3 is 0 Å². The van der Waals surface area contributed by atoms with E-state index in [2.05, 4.69) is 4.90 Å². The third-order valence-corrected chi connectivity index (χ3v) is 8.02. The van der Waals surface area contributed by atoms with E-state index in [4.69, 9.17) is 11.6 Å². The summed E-state index contributed by atoms with van der Waals surface area (Å²) < 4.78 is 27.5. The Morgan fingerprint density at radius 3 is 2.71 bits per heavy atom. The standard InChI is InChI=1S/C14H21ClN2O2S2/c15-7-5-13-3-4-14(20-13)21(18,19)17-10-6-12(11-17)16-8-1-2-9-16/h3-4,12H,1-2,5-11H2. The first-order valence-corrected chi connectivity index (χ1v) is 10.3. The number of alkyl halides is 1. The molecule has 0 bridgehead atoms. The fourth-order valence-electron chi connectivity index (χ4n) is 3.19. The van der Waals surface area contributed by atoms with Crippen molar-refractivity contribution in [2.24, 2.45) is 0 Å². The van der Waals surface area contributed by atoms with E-state index in [1.54, 1.807) is 10.4 Å². The molecule has 2 saturated heterocycles. The maximum atomic E-state index is 12.7. The van der Waals surface area contributed by atoms with Gasteiger partial charge in [0.25, 0.3) is 10.0 Å². The van der Waals surface area contributed by atoms with Crippen LogP contribution in [0.1, 0.15) is 24.1 Å². The zero-order valence-corrected chi connectivity index (χ0v) is 14.4. The van der Waals surface area contributed by atoms with Crippen LogP contribution in [0.25, 0.3) is 0 Å². The molecule has 0 aromatic carbocycles. The lowest BCUT2D eigenvalue weighted by Gasteiger charge is -2.23. The van der Waals surface area contributed by atoms with Crippen molar-refractivity contribution in [3.8, 4) is 0 Å². The number of nitrogens with zero attached hydrogens (tertiary/aromatic N) is 2. The van der Waals surface area contributed by atoms with E-state index in [0.29, 0.717) is 29.2 Å².